The smallest absolute Gasteiger partial charge is 0.131 e. The Morgan fingerprint density at radius 2 is 2.33 bits per heavy atom. The van der Waals surface area contributed by atoms with E-state index in [0.717, 1.165) is 12.2 Å². The van der Waals surface area contributed by atoms with Crippen molar-refractivity contribution in [2.24, 2.45) is 0 Å². The Balaban J connectivity index is 2.12. The summed E-state index contributed by atoms with van der Waals surface area (Å²) in [6, 6.07) is 1.68. The van der Waals surface area contributed by atoms with Crippen LogP contribution in [0.15, 0.2) is 25.0 Å². The van der Waals surface area contributed by atoms with Gasteiger partial charge in [0.05, 0.1) is 13.2 Å². The zero-order valence-electron chi connectivity index (χ0n) is 8.65. The molecule has 0 aliphatic heterocycles. The number of nitrogens with zero attached hydrogens (tertiary/aromatic N) is 2. The molecule has 3 N–H and O–H groups in total. The van der Waals surface area contributed by atoms with Gasteiger partial charge in [0, 0.05) is 12.6 Å². The van der Waals surface area contributed by atoms with Gasteiger partial charge in [0.25, 0.3) is 0 Å². The Hall–Kier alpha value is -1.62. The zero-order chi connectivity index (χ0) is 10.9. The van der Waals surface area contributed by atoms with E-state index in [1.165, 1.54) is 6.33 Å². The molecule has 0 atom stereocenters. The predicted octanol–water partition coefficient (Wildman–Crippen LogP) is 1.06. The van der Waals surface area contributed by atoms with Crippen LogP contribution in [-0.2, 0) is 4.74 Å². The average molecular weight is 208 g/mol. The van der Waals surface area contributed by atoms with Crippen LogP contribution in [0.5, 0.6) is 0 Å². The minimum absolute atomic E-state index is 0.458. The Kier molecular flexibility index (Phi) is 5.18. The van der Waals surface area contributed by atoms with Crippen LogP contribution in [0, 0.1) is 0 Å². The van der Waals surface area contributed by atoms with Crippen LogP contribution in [0.25, 0.3) is 0 Å². The summed E-state index contributed by atoms with van der Waals surface area (Å²) in [4.78, 5) is 7.79. The Bertz CT molecular complexity index is 303. The molecule has 0 bridgehead atoms. The molecule has 82 valence electrons. The molecule has 0 radical (unpaired) electrons. The second-order valence-electron chi connectivity index (χ2n) is 2.94. The highest BCUT2D eigenvalue weighted by Gasteiger charge is 1.94. The molecule has 0 amide bonds. The lowest BCUT2D eigenvalue weighted by atomic mass is 10.4. The van der Waals surface area contributed by atoms with E-state index in [-0.39, 0.29) is 0 Å². The molecular formula is C10H16N4O. The summed E-state index contributed by atoms with van der Waals surface area (Å²) in [6.45, 7) is 5.65. The number of nitrogen functional groups attached to an aromatic ring is 1. The van der Waals surface area contributed by atoms with Crippen LogP contribution in [0.4, 0.5) is 11.6 Å². The molecule has 1 aromatic rings. The molecular weight excluding hydrogens is 192 g/mol. The maximum Gasteiger partial charge on any atom is 0.131 e. The third-order valence-electron chi connectivity index (χ3n) is 1.71. The van der Waals surface area contributed by atoms with Crippen molar-refractivity contribution in [2.75, 3.05) is 30.8 Å². The highest BCUT2D eigenvalue weighted by Crippen LogP contribution is 2.03. The summed E-state index contributed by atoms with van der Waals surface area (Å²) < 4.78 is 5.32. The maximum atomic E-state index is 5.50. The molecule has 0 spiro atoms. The number of anilines is 2. The quantitative estimate of drug-likeness (QED) is 0.518. The second-order valence-corrected chi connectivity index (χ2v) is 2.94. The number of hydrogen-bond donors (Lipinski definition) is 2. The van der Waals surface area contributed by atoms with E-state index < -0.39 is 0 Å². The first-order valence-corrected chi connectivity index (χ1v) is 4.83. The van der Waals surface area contributed by atoms with Gasteiger partial charge in [-0.05, 0) is 6.42 Å². The fourth-order valence-corrected chi connectivity index (χ4v) is 0.989. The van der Waals surface area contributed by atoms with Gasteiger partial charge in [-0.1, -0.05) is 6.08 Å². The van der Waals surface area contributed by atoms with Crippen LogP contribution in [0.1, 0.15) is 6.42 Å². The fraction of sp³-hybridized carbons (Fsp3) is 0.400. The number of hydrogen-bond acceptors (Lipinski definition) is 5. The molecule has 0 unspecified atom stereocenters. The van der Waals surface area contributed by atoms with E-state index >= 15 is 0 Å². The van der Waals surface area contributed by atoms with Crippen molar-refractivity contribution >= 4 is 11.6 Å². The first kappa shape index (κ1) is 11.5. The summed E-state index contributed by atoms with van der Waals surface area (Å²) >= 11 is 0. The van der Waals surface area contributed by atoms with Gasteiger partial charge in [0.1, 0.15) is 18.0 Å². The fourth-order valence-electron chi connectivity index (χ4n) is 0.989. The maximum absolute atomic E-state index is 5.50. The van der Waals surface area contributed by atoms with Crippen LogP contribution < -0.4 is 11.1 Å². The van der Waals surface area contributed by atoms with E-state index in [1.54, 1.807) is 6.07 Å². The molecule has 1 aromatic heterocycles. The van der Waals surface area contributed by atoms with Crippen molar-refractivity contribution in [2.45, 2.75) is 6.42 Å². The van der Waals surface area contributed by atoms with E-state index in [0.29, 0.717) is 25.6 Å². The van der Waals surface area contributed by atoms with Crippen LogP contribution >= 0.6 is 0 Å². The molecule has 1 rings (SSSR count). The number of rotatable bonds is 7. The number of nitrogens with one attached hydrogen (secondary N) is 1. The highest BCUT2D eigenvalue weighted by atomic mass is 16.5. The number of aromatic nitrogens is 2. The lowest BCUT2D eigenvalue weighted by Crippen LogP contribution is -2.11. The molecule has 0 aromatic carbocycles. The molecule has 5 nitrogen and oxygen atoms in total. The lowest BCUT2D eigenvalue weighted by Gasteiger charge is -2.05. The van der Waals surface area contributed by atoms with Crippen LogP contribution in [-0.4, -0.2) is 29.7 Å². The van der Waals surface area contributed by atoms with E-state index in [2.05, 4.69) is 21.9 Å². The molecule has 0 aliphatic carbocycles. The minimum Gasteiger partial charge on any atom is -0.384 e. The number of nitrogens with two attached hydrogens (primary N) is 1. The second kappa shape index (κ2) is 6.78. The standard InChI is InChI=1S/C10H16N4O/c1-2-3-5-15-6-4-12-10-7-9(11)13-8-14-10/h2,7-8H,1,3-6H2,(H3,11,12,13,14). The van der Waals surface area contributed by atoms with Gasteiger partial charge in [-0.25, -0.2) is 9.97 Å². The van der Waals surface area contributed by atoms with E-state index in [4.69, 9.17) is 10.5 Å². The zero-order valence-corrected chi connectivity index (χ0v) is 8.65. The Morgan fingerprint density at radius 1 is 1.47 bits per heavy atom. The molecule has 15 heavy (non-hydrogen) atoms. The summed E-state index contributed by atoms with van der Waals surface area (Å²) in [6.07, 6.45) is 4.13. The van der Waals surface area contributed by atoms with Crippen molar-refractivity contribution in [3.8, 4) is 0 Å². The monoisotopic (exact) mass is 208 g/mol. The SMILES string of the molecule is C=CCCOCCNc1cc(N)ncn1. The van der Waals surface area contributed by atoms with Crippen molar-refractivity contribution in [1.82, 2.24) is 9.97 Å². The summed E-state index contributed by atoms with van der Waals surface area (Å²) in [5, 5.41) is 3.08. The van der Waals surface area contributed by atoms with Crippen LogP contribution in [0.2, 0.25) is 0 Å². The summed E-state index contributed by atoms with van der Waals surface area (Å²) in [7, 11) is 0. The normalized spacial score (nSPS) is 9.87. The molecule has 1 heterocycles. The topological polar surface area (TPSA) is 73.1 Å². The molecule has 0 fully saturated rings. The molecule has 0 saturated heterocycles. The Labute approximate surface area is 89.4 Å². The number of ether oxygens (including phenoxy) is 1. The van der Waals surface area contributed by atoms with Crippen molar-refractivity contribution in [3.63, 3.8) is 0 Å². The van der Waals surface area contributed by atoms with Gasteiger partial charge in [0.2, 0.25) is 0 Å². The van der Waals surface area contributed by atoms with Gasteiger partial charge in [0.15, 0.2) is 0 Å². The first-order chi connectivity index (χ1) is 7.33. The van der Waals surface area contributed by atoms with Gasteiger partial charge >= 0.3 is 0 Å². The van der Waals surface area contributed by atoms with Gasteiger partial charge in [-0.2, -0.15) is 0 Å². The Morgan fingerprint density at radius 3 is 3.07 bits per heavy atom. The van der Waals surface area contributed by atoms with Gasteiger partial charge in [-0.3, -0.25) is 0 Å². The molecule has 0 aliphatic rings. The van der Waals surface area contributed by atoms with E-state index in [9.17, 15) is 0 Å². The average Bonchev–Trinajstić information content (AvgIpc) is 2.23. The van der Waals surface area contributed by atoms with Crippen molar-refractivity contribution < 1.29 is 4.74 Å². The van der Waals surface area contributed by atoms with Gasteiger partial charge < -0.3 is 15.8 Å². The third-order valence-corrected chi connectivity index (χ3v) is 1.71. The predicted molar refractivity (Wildman–Crippen MR) is 60.6 cm³/mol. The molecule has 0 saturated carbocycles. The lowest BCUT2D eigenvalue weighted by molar-refractivity contribution is 0.149. The van der Waals surface area contributed by atoms with Gasteiger partial charge in [-0.15, -0.1) is 6.58 Å². The summed E-state index contributed by atoms with van der Waals surface area (Å²) in [5.74, 6) is 1.18. The molecule has 5 heteroatoms. The van der Waals surface area contributed by atoms with Crippen molar-refractivity contribution in [1.29, 1.82) is 0 Å². The third kappa shape index (κ3) is 4.97. The van der Waals surface area contributed by atoms with Crippen LogP contribution in [0.3, 0.4) is 0 Å². The highest BCUT2D eigenvalue weighted by molar-refractivity contribution is 5.42. The minimum atomic E-state index is 0.458. The largest absolute Gasteiger partial charge is 0.384 e. The van der Waals surface area contributed by atoms with E-state index in [1.807, 2.05) is 6.08 Å². The summed E-state index contributed by atoms with van der Waals surface area (Å²) in [5.41, 5.74) is 5.50. The van der Waals surface area contributed by atoms with Crippen molar-refractivity contribution in [3.05, 3.63) is 25.0 Å². The first-order valence-electron chi connectivity index (χ1n) is 4.83.